The molecule has 2 rings (SSSR count). The van der Waals surface area contributed by atoms with Crippen molar-refractivity contribution in [2.75, 3.05) is 12.3 Å². The second-order valence-corrected chi connectivity index (χ2v) is 3.73. The molecule has 0 aliphatic carbocycles. The fourth-order valence-electron chi connectivity index (χ4n) is 1.83. The Morgan fingerprint density at radius 1 is 1.59 bits per heavy atom. The molecule has 1 aromatic carbocycles. The summed E-state index contributed by atoms with van der Waals surface area (Å²) in [4.78, 5) is 11.5. The van der Waals surface area contributed by atoms with Gasteiger partial charge in [-0.2, -0.15) is 0 Å². The number of fused-ring (bicyclic) bond motifs is 1. The van der Waals surface area contributed by atoms with Gasteiger partial charge in [-0.15, -0.1) is 12.4 Å². The summed E-state index contributed by atoms with van der Waals surface area (Å²) in [5, 5.41) is 0. The third-order valence-electron chi connectivity index (χ3n) is 2.61. The maximum absolute atomic E-state index is 11.5. The fraction of sp³-hybridized carbons (Fsp3) is 0.417. The van der Waals surface area contributed by atoms with E-state index in [9.17, 15) is 4.79 Å². The number of hydrogen-bond donors (Lipinski definition) is 1. The van der Waals surface area contributed by atoms with Gasteiger partial charge in [0.2, 0.25) is 0 Å². The Balaban J connectivity index is 0.00000144. The lowest BCUT2D eigenvalue weighted by molar-refractivity contribution is -0.152. The van der Waals surface area contributed by atoms with Gasteiger partial charge in [0.15, 0.2) is 6.10 Å². The summed E-state index contributed by atoms with van der Waals surface area (Å²) < 4.78 is 10.5. The highest BCUT2D eigenvalue weighted by Gasteiger charge is 2.28. The zero-order valence-corrected chi connectivity index (χ0v) is 10.5. The Morgan fingerprint density at radius 2 is 2.35 bits per heavy atom. The first-order chi connectivity index (χ1) is 7.72. The van der Waals surface area contributed by atoms with Crippen molar-refractivity contribution < 1.29 is 14.3 Å². The predicted octanol–water partition coefficient (Wildman–Crippen LogP) is 1.95. The van der Waals surface area contributed by atoms with Gasteiger partial charge in [-0.25, -0.2) is 4.79 Å². The van der Waals surface area contributed by atoms with Gasteiger partial charge in [0.25, 0.3) is 0 Å². The number of hydrogen-bond acceptors (Lipinski definition) is 4. The van der Waals surface area contributed by atoms with Gasteiger partial charge < -0.3 is 15.2 Å². The van der Waals surface area contributed by atoms with Crippen molar-refractivity contribution in [1.29, 1.82) is 0 Å². The van der Waals surface area contributed by atoms with Crippen LogP contribution in [0.1, 0.15) is 18.9 Å². The minimum Gasteiger partial charge on any atom is -0.476 e. The summed E-state index contributed by atoms with van der Waals surface area (Å²) in [6, 6.07) is 5.63. The Bertz CT molecular complexity index is 409. The first-order valence-corrected chi connectivity index (χ1v) is 5.43. The first kappa shape index (κ1) is 13.6. The Morgan fingerprint density at radius 3 is 3.06 bits per heavy atom. The normalized spacial score (nSPS) is 17.4. The average molecular weight is 258 g/mol. The van der Waals surface area contributed by atoms with E-state index in [1.165, 1.54) is 0 Å². The number of esters is 1. The van der Waals surface area contributed by atoms with Crippen LogP contribution in [-0.2, 0) is 16.0 Å². The number of nitrogens with two attached hydrogens (primary N) is 1. The average Bonchev–Trinajstić information content (AvgIpc) is 2.29. The van der Waals surface area contributed by atoms with Crippen molar-refractivity contribution in [2.45, 2.75) is 25.9 Å². The maximum atomic E-state index is 11.5. The van der Waals surface area contributed by atoms with E-state index < -0.39 is 6.10 Å². The number of nitrogen functional groups attached to an aromatic ring is 1. The summed E-state index contributed by atoms with van der Waals surface area (Å²) in [5.41, 5.74) is 7.43. The van der Waals surface area contributed by atoms with Gasteiger partial charge in [-0.1, -0.05) is 12.1 Å². The largest absolute Gasteiger partial charge is 0.476 e. The van der Waals surface area contributed by atoms with E-state index in [0.29, 0.717) is 24.5 Å². The van der Waals surface area contributed by atoms with Crippen LogP contribution >= 0.6 is 12.4 Å². The monoisotopic (exact) mass is 257 g/mol. The van der Waals surface area contributed by atoms with Crippen LogP contribution in [0.4, 0.5) is 5.69 Å². The summed E-state index contributed by atoms with van der Waals surface area (Å²) in [5.74, 6) is 0.322. The third kappa shape index (κ3) is 2.82. The van der Waals surface area contributed by atoms with Crippen molar-refractivity contribution >= 4 is 24.1 Å². The van der Waals surface area contributed by atoms with Gasteiger partial charge in [-0.05, 0) is 31.4 Å². The quantitative estimate of drug-likeness (QED) is 0.650. The number of carbonyl (C=O) groups is 1. The maximum Gasteiger partial charge on any atom is 0.347 e. The molecule has 1 atom stereocenters. The van der Waals surface area contributed by atoms with Crippen LogP contribution in [0.15, 0.2) is 18.2 Å². The molecule has 4 nitrogen and oxygen atoms in total. The molecule has 0 fully saturated rings. The molecule has 1 aliphatic rings. The summed E-state index contributed by atoms with van der Waals surface area (Å²) in [6.07, 6.45) is 0.927. The summed E-state index contributed by atoms with van der Waals surface area (Å²) in [6.45, 7) is 2.15. The molecular formula is C12H16ClNO3. The lowest BCUT2D eigenvalue weighted by atomic mass is 10.0. The van der Waals surface area contributed by atoms with Crippen molar-refractivity contribution in [1.82, 2.24) is 0 Å². The van der Waals surface area contributed by atoms with E-state index in [4.69, 9.17) is 15.2 Å². The van der Waals surface area contributed by atoms with Crippen LogP contribution in [0, 0.1) is 0 Å². The highest BCUT2D eigenvalue weighted by atomic mass is 35.5. The lowest BCUT2D eigenvalue weighted by Gasteiger charge is -2.25. The smallest absolute Gasteiger partial charge is 0.347 e. The predicted molar refractivity (Wildman–Crippen MR) is 67.5 cm³/mol. The van der Waals surface area contributed by atoms with Crippen molar-refractivity contribution in [3.63, 3.8) is 0 Å². The Kier molecular flexibility index (Phi) is 4.63. The molecule has 0 saturated carbocycles. The van der Waals surface area contributed by atoms with E-state index in [2.05, 4.69) is 0 Å². The molecule has 0 radical (unpaired) electrons. The van der Waals surface area contributed by atoms with E-state index in [1.807, 2.05) is 12.1 Å². The first-order valence-electron chi connectivity index (χ1n) is 5.43. The van der Waals surface area contributed by atoms with E-state index >= 15 is 0 Å². The second kappa shape index (κ2) is 5.77. The van der Waals surface area contributed by atoms with Gasteiger partial charge >= 0.3 is 5.97 Å². The molecule has 94 valence electrons. The minimum absolute atomic E-state index is 0. The third-order valence-corrected chi connectivity index (χ3v) is 2.61. The van der Waals surface area contributed by atoms with Gasteiger partial charge in [0.1, 0.15) is 5.75 Å². The topological polar surface area (TPSA) is 61.5 Å². The second-order valence-electron chi connectivity index (χ2n) is 3.73. The number of carbonyl (C=O) groups excluding carboxylic acids is 1. The molecule has 0 spiro atoms. The zero-order chi connectivity index (χ0) is 11.5. The minimum atomic E-state index is -0.517. The highest BCUT2D eigenvalue weighted by molar-refractivity contribution is 5.85. The number of rotatable bonds is 2. The number of benzene rings is 1. The van der Waals surface area contributed by atoms with E-state index in [1.54, 1.807) is 13.0 Å². The van der Waals surface area contributed by atoms with Crippen LogP contribution < -0.4 is 10.5 Å². The number of halogens is 1. The standard InChI is InChI=1S/C12H15NO3.ClH/c1-2-15-12(14)10-7-6-8-4-3-5-9(13)11(8)16-10;/h3-5,10H,2,6-7,13H2,1H3;1H. The fourth-order valence-corrected chi connectivity index (χ4v) is 1.83. The molecule has 1 aromatic rings. The number of anilines is 1. The molecule has 0 aromatic heterocycles. The lowest BCUT2D eigenvalue weighted by Crippen LogP contribution is -2.33. The van der Waals surface area contributed by atoms with E-state index in [-0.39, 0.29) is 18.4 Å². The van der Waals surface area contributed by atoms with Gasteiger partial charge in [0.05, 0.1) is 12.3 Å². The highest BCUT2D eigenvalue weighted by Crippen LogP contribution is 2.33. The Labute approximate surface area is 106 Å². The summed E-state index contributed by atoms with van der Waals surface area (Å²) in [7, 11) is 0. The molecule has 5 heteroatoms. The summed E-state index contributed by atoms with van der Waals surface area (Å²) >= 11 is 0. The number of ether oxygens (including phenoxy) is 2. The molecule has 1 aliphatic heterocycles. The molecule has 0 bridgehead atoms. The molecule has 1 unspecified atom stereocenters. The van der Waals surface area contributed by atoms with Gasteiger partial charge in [0, 0.05) is 0 Å². The van der Waals surface area contributed by atoms with Crippen LogP contribution in [0.3, 0.4) is 0 Å². The molecule has 2 N–H and O–H groups in total. The number of para-hydroxylation sites is 1. The van der Waals surface area contributed by atoms with Gasteiger partial charge in [-0.3, -0.25) is 0 Å². The molecular weight excluding hydrogens is 242 g/mol. The van der Waals surface area contributed by atoms with Crippen LogP contribution in [0.25, 0.3) is 0 Å². The van der Waals surface area contributed by atoms with Crippen LogP contribution in [-0.4, -0.2) is 18.7 Å². The van der Waals surface area contributed by atoms with Crippen molar-refractivity contribution in [3.8, 4) is 5.75 Å². The van der Waals surface area contributed by atoms with Crippen molar-refractivity contribution in [3.05, 3.63) is 23.8 Å². The van der Waals surface area contributed by atoms with E-state index in [0.717, 1.165) is 12.0 Å². The van der Waals surface area contributed by atoms with Crippen LogP contribution in [0.5, 0.6) is 5.75 Å². The number of aryl methyl sites for hydroxylation is 1. The van der Waals surface area contributed by atoms with Crippen molar-refractivity contribution in [2.24, 2.45) is 0 Å². The molecule has 0 saturated heterocycles. The molecule has 17 heavy (non-hydrogen) atoms. The Hall–Kier alpha value is -1.42. The zero-order valence-electron chi connectivity index (χ0n) is 9.64. The molecule has 1 heterocycles. The van der Waals surface area contributed by atoms with Crippen LogP contribution in [0.2, 0.25) is 0 Å². The molecule has 0 amide bonds. The SMILES string of the molecule is CCOC(=O)C1CCc2cccc(N)c2O1.Cl.